The molecule has 0 radical (unpaired) electrons. The number of rotatable bonds is 4. The number of amides is 1. The van der Waals surface area contributed by atoms with Crippen LogP contribution in [0.2, 0.25) is 0 Å². The van der Waals surface area contributed by atoms with E-state index in [0.29, 0.717) is 35.7 Å². The topological polar surface area (TPSA) is 82.8 Å². The molecule has 0 aromatic heterocycles. The van der Waals surface area contributed by atoms with Crippen molar-refractivity contribution in [3.05, 3.63) is 53.2 Å². The summed E-state index contributed by atoms with van der Waals surface area (Å²) in [5.41, 5.74) is 10.6. The van der Waals surface area contributed by atoms with Gasteiger partial charge in [0, 0.05) is 55.3 Å². The van der Waals surface area contributed by atoms with E-state index in [1.54, 1.807) is 13.1 Å². The number of fused-ring (bicyclic) bond motifs is 2. The quantitative estimate of drug-likeness (QED) is 0.563. The van der Waals surface area contributed by atoms with Crippen LogP contribution < -0.4 is 21.3 Å². The molecule has 0 saturated carbocycles. The second-order valence-corrected chi connectivity index (χ2v) is 8.80. The molecule has 0 saturated heterocycles. The minimum atomic E-state index is -2.67. The first kappa shape index (κ1) is 22.8. The van der Waals surface area contributed by atoms with Gasteiger partial charge in [-0.2, -0.15) is 0 Å². The molecule has 0 unspecified atom stereocenters. The molecule has 0 fully saturated rings. The molecule has 2 aliphatic rings. The van der Waals surface area contributed by atoms with Crippen LogP contribution in [0, 0.1) is 5.92 Å². The first-order valence-electron chi connectivity index (χ1n) is 11.1. The molecule has 2 heterocycles. The van der Waals surface area contributed by atoms with Crippen LogP contribution in [-0.2, 0) is 11.2 Å². The number of nitrogens with one attached hydrogen (secondary N) is 2. The van der Waals surface area contributed by atoms with Gasteiger partial charge in [0.15, 0.2) is 0 Å². The second-order valence-electron chi connectivity index (χ2n) is 8.80. The summed E-state index contributed by atoms with van der Waals surface area (Å²) in [6, 6.07) is 9.03. The summed E-state index contributed by atoms with van der Waals surface area (Å²) in [5, 5.41) is 6.40. The SMILES string of the molecule is CN=CC(=CN)c1cc2c(cc1C(F)F)N(c1cccc3c1N[C@H](C)CC(=O)N3)C[C@H](C)C2. The highest BCUT2D eigenvalue weighted by Gasteiger charge is 2.30. The van der Waals surface area contributed by atoms with Crippen LogP contribution in [0.5, 0.6) is 0 Å². The average Bonchev–Trinajstić information content (AvgIpc) is 2.91. The average molecular weight is 454 g/mol. The fourth-order valence-electron chi connectivity index (χ4n) is 4.71. The largest absolute Gasteiger partial charge is 0.404 e. The number of carbonyl (C=O) groups excluding carboxylic acids is 1. The van der Waals surface area contributed by atoms with Crippen LogP contribution in [0.3, 0.4) is 0 Å². The van der Waals surface area contributed by atoms with Crippen molar-refractivity contribution in [2.75, 3.05) is 29.1 Å². The van der Waals surface area contributed by atoms with Gasteiger partial charge in [0.25, 0.3) is 6.43 Å². The third-order valence-electron chi connectivity index (χ3n) is 6.09. The van der Waals surface area contributed by atoms with E-state index in [9.17, 15) is 13.6 Å². The van der Waals surface area contributed by atoms with E-state index in [2.05, 4.69) is 27.4 Å². The predicted octanol–water partition coefficient (Wildman–Crippen LogP) is 5.10. The lowest BCUT2D eigenvalue weighted by molar-refractivity contribution is -0.116. The monoisotopic (exact) mass is 453 g/mol. The normalized spacial score (nSPS) is 20.8. The Morgan fingerprint density at radius 2 is 2.03 bits per heavy atom. The van der Waals surface area contributed by atoms with Crippen molar-refractivity contribution in [2.45, 2.75) is 39.2 Å². The Balaban J connectivity index is 1.89. The number of aliphatic imine (C=N–C) groups is 1. The smallest absolute Gasteiger partial charge is 0.264 e. The molecule has 8 heteroatoms. The Hall–Kier alpha value is -3.42. The second kappa shape index (κ2) is 9.21. The molecular weight excluding hydrogens is 424 g/mol. The van der Waals surface area contributed by atoms with Gasteiger partial charge in [0.2, 0.25) is 5.91 Å². The van der Waals surface area contributed by atoms with Crippen LogP contribution >= 0.6 is 0 Å². The van der Waals surface area contributed by atoms with Crippen molar-refractivity contribution in [2.24, 2.45) is 16.6 Å². The number of para-hydroxylation sites is 1. The zero-order chi connectivity index (χ0) is 23.7. The lowest BCUT2D eigenvalue weighted by Gasteiger charge is -2.37. The van der Waals surface area contributed by atoms with Crippen LogP contribution in [0.25, 0.3) is 5.57 Å². The number of anilines is 4. The molecule has 2 aromatic rings. The first-order valence-corrected chi connectivity index (χ1v) is 11.1. The molecule has 33 heavy (non-hydrogen) atoms. The Bertz CT molecular complexity index is 1130. The molecule has 6 nitrogen and oxygen atoms in total. The van der Waals surface area contributed by atoms with E-state index < -0.39 is 6.43 Å². The number of carbonyl (C=O) groups is 1. The van der Waals surface area contributed by atoms with Gasteiger partial charge in [0.1, 0.15) is 0 Å². The first-order chi connectivity index (χ1) is 15.8. The Kier molecular flexibility index (Phi) is 6.35. The minimum absolute atomic E-state index is 0.0540. The van der Waals surface area contributed by atoms with Gasteiger partial charge in [-0.1, -0.05) is 13.0 Å². The number of hydrogen-bond acceptors (Lipinski definition) is 5. The van der Waals surface area contributed by atoms with E-state index in [1.165, 1.54) is 12.4 Å². The summed E-state index contributed by atoms with van der Waals surface area (Å²) < 4.78 is 28.3. The fraction of sp³-hybridized carbons (Fsp3) is 0.360. The van der Waals surface area contributed by atoms with Gasteiger partial charge in [-0.15, -0.1) is 0 Å². The zero-order valence-electron chi connectivity index (χ0n) is 19.0. The van der Waals surface area contributed by atoms with E-state index in [4.69, 9.17) is 5.73 Å². The molecular formula is C25H29F2N5O. The number of allylic oxidation sites excluding steroid dienone is 1. The molecule has 0 bridgehead atoms. The van der Waals surface area contributed by atoms with Crippen molar-refractivity contribution in [3.8, 4) is 0 Å². The number of halogens is 2. The number of benzene rings is 2. The summed E-state index contributed by atoms with van der Waals surface area (Å²) in [4.78, 5) is 18.3. The predicted molar refractivity (Wildman–Crippen MR) is 131 cm³/mol. The fourth-order valence-corrected chi connectivity index (χ4v) is 4.71. The van der Waals surface area contributed by atoms with Gasteiger partial charge < -0.3 is 21.3 Å². The summed E-state index contributed by atoms with van der Waals surface area (Å²) in [5.74, 6) is 0.239. The molecule has 0 spiro atoms. The van der Waals surface area contributed by atoms with Crippen LogP contribution in [0.4, 0.5) is 31.5 Å². The molecule has 0 aliphatic carbocycles. The lowest BCUT2D eigenvalue weighted by atomic mass is 9.88. The van der Waals surface area contributed by atoms with Gasteiger partial charge in [-0.25, -0.2) is 8.78 Å². The highest BCUT2D eigenvalue weighted by Crippen LogP contribution is 2.45. The van der Waals surface area contributed by atoms with Crippen LogP contribution in [0.1, 0.15) is 43.4 Å². The van der Waals surface area contributed by atoms with Gasteiger partial charge in [-0.05, 0) is 54.7 Å². The summed E-state index contributed by atoms with van der Waals surface area (Å²) in [6.07, 6.45) is 1.27. The molecule has 2 atom stereocenters. The van der Waals surface area contributed by atoms with Crippen molar-refractivity contribution in [1.82, 2.24) is 0 Å². The molecule has 4 N–H and O–H groups in total. The number of nitrogens with zero attached hydrogens (tertiary/aromatic N) is 2. The van der Waals surface area contributed by atoms with E-state index in [0.717, 1.165) is 29.0 Å². The van der Waals surface area contributed by atoms with E-state index in [-0.39, 0.29) is 17.5 Å². The maximum Gasteiger partial charge on any atom is 0.264 e. The van der Waals surface area contributed by atoms with Crippen molar-refractivity contribution >= 4 is 40.4 Å². The molecule has 174 valence electrons. The number of hydrogen-bond donors (Lipinski definition) is 3. The Morgan fingerprint density at radius 3 is 2.73 bits per heavy atom. The highest BCUT2D eigenvalue weighted by atomic mass is 19.3. The molecule has 2 aromatic carbocycles. The summed E-state index contributed by atoms with van der Waals surface area (Å²) in [6.45, 7) is 4.77. The zero-order valence-corrected chi connectivity index (χ0v) is 19.0. The van der Waals surface area contributed by atoms with Crippen molar-refractivity contribution in [1.29, 1.82) is 0 Å². The Morgan fingerprint density at radius 1 is 1.24 bits per heavy atom. The van der Waals surface area contributed by atoms with Crippen molar-refractivity contribution < 1.29 is 13.6 Å². The maximum atomic E-state index is 14.2. The van der Waals surface area contributed by atoms with E-state index >= 15 is 0 Å². The standard InChI is InChI=1S/C25H29F2N5O/c1-14-7-16-9-18(17(11-28)12-29-3)19(25(26)27)10-22(16)32(13-14)21-6-4-5-20-24(21)30-15(2)8-23(33)31-20/h4-6,9-12,14-15,25,30H,7-8,13,28H2,1-3H3,(H,31,33)/t14-,15-/m1/s1. The summed E-state index contributed by atoms with van der Waals surface area (Å²) >= 11 is 0. The Labute approximate surface area is 192 Å². The number of alkyl halides is 2. The molecule has 4 rings (SSSR count). The summed E-state index contributed by atoms with van der Waals surface area (Å²) in [7, 11) is 1.58. The van der Waals surface area contributed by atoms with Crippen LogP contribution in [0.15, 0.2) is 41.5 Å². The van der Waals surface area contributed by atoms with E-state index in [1.807, 2.05) is 31.2 Å². The van der Waals surface area contributed by atoms with Crippen molar-refractivity contribution in [3.63, 3.8) is 0 Å². The molecule has 2 aliphatic heterocycles. The third kappa shape index (κ3) is 4.42. The highest BCUT2D eigenvalue weighted by molar-refractivity contribution is 6.10. The molecule has 1 amide bonds. The van der Waals surface area contributed by atoms with Gasteiger partial charge in [0.05, 0.1) is 17.1 Å². The van der Waals surface area contributed by atoms with Crippen LogP contribution in [-0.4, -0.2) is 31.8 Å². The van der Waals surface area contributed by atoms with Gasteiger partial charge >= 0.3 is 0 Å². The third-order valence-corrected chi connectivity index (χ3v) is 6.09. The lowest BCUT2D eigenvalue weighted by Crippen LogP contribution is -2.31. The van der Waals surface area contributed by atoms with Gasteiger partial charge in [-0.3, -0.25) is 9.79 Å². The number of nitrogens with two attached hydrogens (primary N) is 1. The maximum absolute atomic E-state index is 14.2. The minimum Gasteiger partial charge on any atom is -0.404 e.